The molecule has 0 spiro atoms. The number of pyridine rings is 2. The summed E-state index contributed by atoms with van der Waals surface area (Å²) < 4.78 is 60.7. The van der Waals surface area contributed by atoms with Crippen LogP contribution >= 0.6 is 0 Å². The van der Waals surface area contributed by atoms with E-state index < -0.39 is 25.2 Å². The van der Waals surface area contributed by atoms with Crippen molar-refractivity contribution < 1.29 is 27.0 Å². The largest absolute Gasteiger partial charge is 0.472 e. The first kappa shape index (κ1) is 24.6. The molecule has 4 aromatic rings. The van der Waals surface area contributed by atoms with E-state index in [1.54, 1.807) is 25.2 Å². The van der Waals surface area contributed by atoms with Crippen molar-refractivity contribution in [3.63, 3.8) is 0 Å². The molecule has 0 aliphatic carbocycles. The minimum atomic E-state index is -3.08. The van der Waals surface area contributed by atoms with Crippen LogP contribution < -0.4 is 20.8 Å². The Labute approximate surface area is 200 Å². The van der Waals surface area contributed by atoms with Crippen molar-refractivity contribution in [2.45, 2.75) is 13.0 Å². The third-order valence-electron chi connectivity index (χ3n) is 4.87. The molecule has 0 aliphatic heterocycles. The number of hydrogen-bond acceptors (Lipinski definition) is 8. The lowest BCUT2D eigenvalue weighted by Crippen LogP contribution is -2.24. The number of aromatic nitrogens is 4. The van der Waals surface area contributed by atoms with Crippen LogP contribution in [0.3, 0.4) is 0 Å². The van der Waals surface area contributed by atoms with Crippen LogP contribution in [0.4, 0.5) is 23.2 Å². The van der Waals surface area contributed by atoms with Crippen LogP contribution in [0.5, 0.6) is 11.8 Å². The van der Waals surface area contributed by atoms with E-state index in [0.29, 0.717) is 16.9 Å². The van der Waals surface area contributed by atoms with Crippen molar-refractivity contribution in [2.75, 3.05) is 19.4 Å². The van der Waals surface area contributed by atoms with Crippen molar-refractivity contribution in [1.29, 1.82) is 0 Å². The third kappa shape index (κ3) is 5.24. The van der Waals surface area contributed by atoms with Gasteiger partial charge in [0.2, 0.25) is 11.8 Å². The zero-order valence-corrected chi connectivity index (χ0v) is 18.6. The van der Waals surface area contributed by atoms with E-state index in [0.717, 1.165) is 16.9 Å². The molecule has 4 rings (SSSR count). The summed E-state index contributed by atoms with van der Waals surface area (Å²) in [7, 11) is 1.57. The number of aliphatic imine (C=N–C) groups is 1. The molecule has 13 heteroatoms. The lowest BCUT2D eigenvalue weighted by molar-refractivity contribution is -0.0528. The van der Waals surface area contributed by atoms with Gasteiger partial charge in [-0.05, 0) is 30.3 Å². The molecule has 3 heterocycles. The number of alkyl halides is 4. The average Bonchev–Trinajstić information content (AvgIpc) is 2.84. The van der Waals surface area contributed by atoms with Crippen molar-refractivity contribution in [3.05, 3.63) is 64.6 Å². The lowest BCUT2D eigenvalue weighted by Gasteiger charge is -2.13. The molecule has 9 nitrogen and oxygen atoms in total. The Hall–Kier alpha value is -4.55. The van der Waals surface area contributed by atoms with Crippen LogP contribution in [-0.4, -0.2) is 52.7 Å². The molecule has 0 bridgehead atoms. The number of anilines is 1. The monoisotopic (exact) mass is 502 g/mol. The fourth-order valence-electron chi connectivity index (χ4n) is 3.36. The third-order valence-corrected chi connectivity index (χ3v) is 4.87. The predicted molar refractivity (Wildman–Crippen MR) is 124 cm³/mol. The Balaban J connectivity index is 1.93. The summed E-state index contributed by atoms with van der Waals surface area (Å²) in [5.41, 5.74) is 7.12. The minimum Gasteiger partial charge on any atom is -0.472 e. The number of nitrogens with two attached hydrogens (primary N) is 1. The molecule has 0 unspecified atom stereocenters. The van der Waals surface area contributed by atoms with E-state index in [1.807, 2.05) is 0 Å². The maximum atomic E-state index is 13.6. The van der Waals surface area contributed by atoms with E-state index in [1.165, 1.54) is 24.4 Å². The summed E-state index contributed by atoms with van der Waals surface area (Å²) in [6.45, 7) is -3.97. The number of benzene rings is 1. The van der Waals surface area contributed by atoms with Crippen molar-refractivity contribution in [3.8, 4) is 28.6 Å². The van der Waals surface area contributed by atoms with Gasteiger partial charge in [0.1, 0.15) is 11.0 Å². The Morgan fingerprint density at radius 2 is 1.89 bits per heavy atom. The first-order chi connectivity index (χ1) is 17.3. The molecule has 36 heavy (non-hydrogen) atoms. The van der Waals surface area contributed by atoms with E-state index in [-0.39, 0.29) is 33.9 Å². The zero-order chi connectivity index (χ0) is 25.8. The molecule has 0 fully saturated rings. The van der Waals surface area contributed by atoms with Gasteiger partial charge in [0, 0.05) is 48.4 Å². The first-order valence-corrected chi connectivity index (χ1v) is 10.3. The number of hydrogen-bond donors (Lipinski definition) is 1. The van der Waals surface area contributed by atoms with Crippen molar-refractivity contribution in [1.82, 2.24) is 19.7 Å². The van der Waals surface area contributed by atoms with Gasteiger partial charge in [-0.2, -0.15) is 18.6 Å². The molecule has 0 amide bonds. The highest BCUT2D eigenvalue weighted by atomic mass is 19.3. The summed E-state index contributed by atoms with van der Waals surface area (Å²) in [5.74, 6) is -0.508. The van der Waals surface area contributed by atoms with Gasteiger partial charge in [-0.1, -0.05) is 0 Å². The Morgan fingerprint density at radius 3 is 2.56 bits per heavy atom. The van der Waals surface area contributed by atoms with Crippen LogP contribution in [-0.2, 0) is 0 Å². The van der Waals surface area contributed by atoms with Crippen LogP contribution in [0.2, 0.25) is 0 Å². The van der Waals surface area contributed by atoms with Gasteiger partial charge in [-0.25, -0.2) is 18.7 Å². The molecule has 1 aromatic carbocycles. The number of nitrogens with zero attached hydrogens (tertiary/aromatic N) is 5. The molecule has 0 aliphatic rings. The normalized spacial score (nSPS) is 11.6. The average molecular weight is 502 g/mol. The highest BCUT2D eigenvalue weighted by Crippen LogP contribution is 2.27. The smallest absolute Gasteiger partial charge is 0.388 e. The topological polar surface area (TPSA) is 118 Å². The SMILES string of the molecule is CN=Cc1cc(-n2nc3ccc(OCC(F)F)nc3c(-c3ccc(OC(F)F)nc3)c2=O)ccc1N. The fraction of sp³-hybridized carbons (Fsp3) is 0.174. The van der Waals surface area contributed by atoms with Crippen molar-refractivity contribution in [2.24, 2.45) is 4.99 Å². The van der Waals surface area contributed by atoms with E-state index in [2.05, 4.69) is 24.8 Å². The van der Waals surface area contributed by atoms with Gasteiger partial charge in [0.15, 0.2) is 6.61 Å². The molecule has 2 N–H and O–H groups in total. The first-order valence-electron chi connectivity index (χ1n) is 10.3. The maximum Gasteiger partial charge on any atom is 0.388 e. The molecule has 0 saturated heterocycles. The number of fused-ring (bicyclic) bond motifs is 1. The summed E-state index contributed by atoms with van der Waals surface area (Å²) >= 11 is 0. The second-order valence-corrected chi connectivity index (χ2v) is 7.28. The summed E-state index contributed by atoms with van der Waals surface area (Å²) in [6, 6.07) is 10.1. The van der Waals surface area contributed by atoms with Gasteiger partial charge in [-0.15, -0.1) is 0 Å². The predicted octanol–water partition coefficient (Wildman–Crippen LogP) is 3.72. The van der Waals surface area contributed by atoms with Gasteiger partial charge in [-0.3, -0.25) is 9.79 Å². The Kier molecular flexibility index (Phi) is 7.08. The zero-order valence-electron chi connectivity index (χ0n) is 18.6. The standard InChI is InChI=1S/C23H18F4N6O3/c1-29-9-13-8-14(3-4-15(13)28)33-22(34)20(12-2-6-18(30-10-12)36-23(26)27)21-16(32-33)5-7-19(31-21)35-11-17(24)25/h2-10,17,23H,11,28H2,1H3. The molecular formula is C23H18F4N6O3. The molecule has 186 valence electrons. The van der Waals surface area contributed by atoms with Gasteiger partial charge in [0.05, 0.1) is 11.3 Å². The van der Waals surface area contributed by atoms with Gasteiger partial charge < -0.3 is 15.2 Å². The van der Waals surface area contributed by atoms with Crippen molar-refractivity contribution >= 4 is 22.9 Å². The van der Waals surface area contributed by atoms with Crippen LogP contribution in [0.1, 0.15) is 5.56 Å². The van der Waals surface area contributed by atoms with E-state index >= 15 is 0 Å². The molecule has 0 radical (unpaired) electrons. The Bertz CT molecular complexity index is 1480. The second kappa shape index (κ2) is 10.4. The fourth-order valence-corrected chi connectivity index (χ4v) is 3.36. The Morgan fingerprint density at radius 1 is 1.11 bits per heavy atom. The minimum absolute atomic E-state index is 0.0128. The second-order valence-electron chi connectivity index (χ2n) is 7.28. The molecule has 0 atom stereocenters. The lowest BCUT2D eigenvalue weighted by atomic mass is 10.1. The highest BCUT2D eigenvalue weighted by Gasteiger charge is 2.19. The quantitative estimate of drug-likeness (QED) is 0.222. The number of ether oxygens (including phenoxy) is 2. The number of rotatable bonds is 8. The molecule has 0 saturated carbocycles. The number of halogens is 4. The van der Waals surface area contributed by atoms with Crippen LogP contribution in [0.15, 0.2) is 58.4 Å². The van der Waals surface area contributed by atoms with Crippen LogP contribution in [0, 0.1) is 0 Å². The summed E-state index contributed by atoms with van der Waals surface area (Å²) in [5, 5.41) is 4.36. The molecule has 3 aromatic heterocycles. The van der Waals surface area contributed by atoms with E-state index in [4.69, 9.17) is 10.5 Å². The maximum absolute atomic E-state index is 13.6. The number of nitrogen functional groups attached to an aromatic ring is 1. The van der Waals surface area contributed by atoms with E-state index in [9.17, 15) is 22.4 Å². The molecular weight excluding hydrogens is 484 g/mol. The van der Waals surface area contributed by atoms with Gasteiger partial charge in [0.25, 0.3) is 12.0 Å². The van der Waals surface area contributed by atoms with Gasteiger partial charge >= 0.3 is 6.61 Å². The summed E-state index contributed by atoms with van der Waals surface area (Å²) in [4.78, 5) is 25.6. The van der Waals surface area contributed by atoms with Crippen LogP contribution in [0.25, 0.3) is 27.8 Å². The highest BCUT2D eigenvalue weighted by molar-refractivity contribution is 5.91. The summed E-state index contributed by atoms with van der Waals surface area (Å²) in [6.07, 6.45) is -0.0535.